The highest BCUT2D eigenvalue weighted by Gasteiger charge is 2.23. The van der Waals surface area contributed by atoms with Gasteiger partial charge in [0.2, 0.25) is 0 Å². The number of aliphatic imine (C=N–C) groups is 1. The maximum atomic E-state index is 4.72. The zero-order chi connectivity index (χ0) is 19.1. The van der Waals surface area contributed by atoms with E-state index in [0.717, 1.165) is 18.9 Å². The Hall–Kier alpha value is -1.61. The summed E-state index contributed by atoms with van der Waals surface area (Å²) in [5, 5.41) is 3.69. The first kappa shape index (κ1) is 20.7. The van der Waals surface area contributed by atoms with E-state index in [4.69, 9.17) is 4.99 Å². The lowest BCUT2D eigenvalue weighted by molar-refractivity contribution is 0.528. The molecule has 0 aromatic heterocycles. The normalized spacial score (nSPS) is 19.6. The SMILES string of the molecule is CCCCCNC(C)CN1C(C)=N/C=C\C(C(C)C)c2ccc(C)cc21. The van der Waals surface area contributed by atoms with Crippen LogP contribution in [0.25, 0.3) is 0 Å². The lowest BCUT2D eigenvalue weighted by Gasteiger charge is -2.33. The fourth-order valence-corrected chi connectivity index (χ4v) is 3.63. The molecule has 2 unspecified atom stereocenters. The van der Waals surface area contributed by atoms with Crippen LogP contribution in [-0.4, -0.2) is 25.0 Å². The maximum Gasteiger partial charge on any atom is 0.105 e. The van der Waals surface area contributed by atoms with Crippen LogP contribution >= 0.6 is 0 Å². The first-order valence-electron chi connectivity index (χ1n) is 10.3. The number of anilines is 1. The third-order valence-electron chi connectivity index (χ3n) is 5.23. The summed E-state index contributed by atoms with van der Waals surface area (Å²) in [4.78, 5) is 7.12. The number of hydrogen-bond acceptors (Lipinski definition) is 3. The van der Waals surface area contributed by atoms with E-state index < -0.39 is 0 Å². The largest absolute Gasteiger partial charge is 0.328 e. The monoisotopic (exact) mass is 355 g/mol. The van der Waals surface area contributed by atoms with E-state index in [0.29, 0.717) is 17.9 Å². The van der Waals surface area contributed by atoms with E-state index in [-0.39, 0.29) is 0 Å². The topological polar surface area (TPSA) is 27.6 Å². The van der Waals surface area contributed by atoms with E-state index in [1.54, 1.807) is 0 Å². The summed E-state index contributed by atoms with van der Waals surface area (Å²) < 4.78 is 0. The van der Waals surface area contributed by atoms with Crippen molar-refractivity contribution in [1.29, 1.82) is 0 Å². The number of amidine groups is 1. The smallest absolute Gasteiger partial charge is 0.105 e. The van der Waals surface area contributed by atoms with Gasteiger partial charge in [0.25, 0.3) is 0 Å². The fourth-order valence-electron chi connectivity index (χ4n) is 3.63. The van der Waals surface area contributed by atoms with Crippen molar-refractivity contribution >= 4 is 11.5 Å². The lowest BCUT2D eigenvalue weighted by Crippen LogP contribution is -2.42. The Balaban J connectivity index is 2.28. The molecule has 26 heavy (non-hydrogen) atoms. The van der Waals surface area contributed by atoms with Crippen LogP contribution in [0.3, 0.4) is 0 Å². The number of allylic oxidation sites excluding steroid dienone is 1. The van der Waals surface area contributed by atoms with Gasteiger partial charge in [-0.15, -0.1) is 0 Å². The van der Waals surface area contributed by atoms with Crippen LogP contribution in [0, 0.1) is 12.8 Å². The first-order chi connectivity index (χ1) is 12.4. The minimum absolute atomic E-state index is 0.401. The second-order valence-corrected chi connectivity index (χ2v) is 8.02. The van der Waals surface area contributed by atoms with Crippen LogP contribution in [-0.2, 0) is 0 Å². The third-order valence-corrected chi connectivity index (χ3v) is 5.23. The standard InChI is InChI=1S/C23H37N3/c1-7-8-9-13-24-19(5)16-26-20(6)25-14-12-21(17(2)3)22-11-10-18(4)15-23(22)26/h10-12,14-15,17,19,21,24H,7-9,13,16H2,1-6H3/b14-12-,25-20?. The highest BCUT2D eigenvalue weighted by Crippen LogP contribution is 2.36. The molecule has 0 saturated carbocycles. The minimum atomic E-state index is 0.401. The van der Waals surface area contributed by atoms with Crippen LogP contribution in [0.5, 0.6) is 0 Å². The summed E-state index contributed by atoms with van der Waals surface area (Å²) in [6, 6.07) is 7.30. The molecule has 0 saturated heterocycles. The number of nitrogens with one attached hydrogen (secondary N) is 1. The molecule has 0 radical (unpaired) electrons. The van der Waals surface area contributed by atoms with Crippen molar-refractivity contribution in [3.05, 3.63) is 41.6 Å². The average Bonchev–Trinajstić information content (AvgIpc) is 2.59. The van der Waals surface area contributed by atoms with E-state index in [9.17, 15) is 0 Å². The average molecular weight is 356 g/mol. The number of nitrogens with zero attached hydrogens (tertiary/aromatic N) is 2. The molecule has 1 N–H and O–H groups in total. The van der Waals surface area contributed by atoms with Gasteiger partial charge in [-0.1, -0.05) is 51.8 Å². The summed E-state index contributed by atoms with van der Waals surface area (Å²) >= 11 is 0. The summed E-state index contributed by atoms with van der Waals surface area (Å²) in [6.07, 6.45) is 8.07. The Morgan fingerprint density at radius 2 is 1.92 bits per heavy atom. The molecule has 0 spiro atoms. The third kappa shape index (κ3) is 5.44. The number of hydrogen-bond donors (Lipinski definition) is 1. The van der Waals surface area contributed by atoms with E-state index in [2.05, 4.69) is 76.0 Å². The van der Waals surface area contributed by atoms with Crippen molar-refractivity contribution in [1.82, 2.24) is 5.32 Å². The molecular weight excluding hydrogens is 318 g/mol. The molecule has 144 valence electrons. The van der Waals surface area contributed by atoms with Crippen molar-refractivity contribution in [3.63, 3.8) is 0 Å². The molecule has 3 nitrogen and oxygen atoms in total. The van der Waals surface area contributed by atoms with E-state index >= 15 is 0 Å². The van der Waals surface area contributed by atoms with Crippen molar-refractivity contribution in [2.75, 3.05) is 18.0 Å². The van der Waals surface area contributed by atoms with Crippen LogP contribution in [0.15, 0.2) is 35.5 Å². The first-order valence-corrected chi connectivity index (χ1v) is 10.3. The minimum Gasteiger partial charge on any atom is -0.328 e. The van der Waals surface area contributed by atoms with Gasteiger partial charge in [-0.2, -0.15) is 0 Å². The second kappa shape index (κ2) is 9.91. The van der Waals surface area contributed by atoms with Crippen LogP contribution in [0.2, 0.25) is 0 Å². The van der Waals surface area contributed by atoms with Crippen LogP contribution in [0.1, 0.15) is 70.9 Å². The van der Waals surface area contributed by atoms with Gasteiger partial charge in [-0.3, -0.25) is 0 Å². The van der Waals surface area contributed by atoms with Crippen molar-refractivity contribution in [3.8, 4) is 0 Å². The van der Waals surface area contributed by atoms with Crippen molar-refractivity contribution in [2.24, 2.45) is 10.9 Å². The molecule has 2 rings (SSSR count). The highest BCUT2D eigenvalue weighted by atomic mass is 15.2. The molecule has 1 aromatic rings. The molecular formula is C23H37N3. The predicted octanol–water partition coefficient (Wildman–Crippen LogP) is 5.66. The zero-order valence-electron chi connectivity index (χ0n) is 17.5. The van der Waals surface area contributed by atoms with Crippen LogP contribution in [0.4, 0.5) is 5.69 Å². The molecule has 1 aliphatic rings. The lowest BCUT2D eigenvalue weighted by atomic mass is 9.86. The van der Waals surface area contributed by atoms with E-state index in [1.165, 1.54) is 36.1 Å². The molecule has 1 aliphatic heterocycles. The Morgan fingerprint density at radius 3 is 2.62 bits per heavy atom. The summed E-state index contributed by atoms with van der Waals surface area (Å²) in [7, 11) is 0. The maximum absolute atomic E-state index is 4.72. The summed E-state index contributed by atoms with van der Waals surface area (Å²) in [5.74, 6) is 2.02. The second-order valence-electron chi connectivity index (χ2n) is 8.02. The molecule has 2 atom stereocenters. The Labute approximate surface area is 160 Å². The number of fused-ring (bicyclic) bond motifs is 1. The van der Waals surface area contributed by atoms with Gasteiger partial charge in [-0.25, -0.2) is 4.99 Å². The van der Waals surface area contributed by atoms with E-state index in [1.807, 2.05) is 6.20 Å². The number of benzene rings is 1. The van der Waals surface area contributed by atoms with Gasteiger partial charge in [-0.05, 0) is 56.8 Å². The molecule has 0 aliphatic carbocycles. The molecule has 0 amide bonds. The Morgan fingerprint density at radius 1 is 1.15 bits per heavy atom. The number of aryl methyl sites for hydroxylation is 1. The van der Waals surface area contributed by atoms with Crippen molar-refractivity contribution in [2.45, 2.75) is 72.8 Å². The van der Waals surface area contributed by atoms with Crippen molar-refractivity contribution < 1.29 is 0 Å². The molecule has 1 aromatic carbocycles. The fraction of sp³-hybridized carbons (Fsp3) is 0.609. The van der Waals surface area contributed by atoms with Gasteiger partial charge >= 0.3 is 0 Å². The van der Waals surface area contributed by atoms with Gasteiger partial charge in [0.1, 0.15) is 5.84 Å². The number of unbranched alkanes of at least 4 members (excludes halogenated alkanes) is 2. The van der Waals surface area contributed by atoms with Gasteiger partial charge in [0.05, 0.1) is 0 Å². The highest BCUT2D eigenvalue weighted by molar-refractivity contribution is 5.97. The Bertz CT molecular complexity index is 630. The summed E-state index contributed by atoms with van der Waals surface area (Å²) in [6.45, 7) is 15.4. The van der Waals surface area contributed by atoms with Gasteiger partial charge < -0.3 is 10.2 Å². The molecule has 1 heterocycles. The predicted molar refractivity (Wildman–Crippen MR) is 115 cm³/mol. The molecule has 3 heteroatoms. The number of rotatable bonds is 8. The Kier molecular flexibility index (Phi) is 7.89. The van der Waals surface area contributed by atoms with Gasteiger partial charge in [0.15, 0.2) is 0 Å². The quantitative estimate of drug-likeness (QED) is 0.610. The van der Waals surface area contributed by atoms with Crippen LogP contribution < -0.4 is 10.2 Å². The summed E-state index contributed by atoms with van der Waals surface area (Å²) in [5.41, 5.74) is 4.03. The zero-order valence-corrected chi connectivity index (χ0v) is 17.5. The molecule has 0 bridgehead atoms. The molecule has 0 fully saturated rings. The van der Waals surface area contributed by atoms with Gasteiger partial charge in [0, 0.05) is 30.4 Å².